The van der Waals surface area contributed by atoms with Gasteiger partial charge in [-0.15, -0.1) is 0 Å². The number of halogens is 2. The molecule has 0 heterocycles. The lowest BCUT2D eigenvalue weighted by Gasteiger charge is -2.09. The van der Waals surface area contributed by atoms with Gasteiger partial charge < -0.3 is 5.32 Å². The van der Waals surface area contributed by atoms with Crippen LogP contribution in [0.1, 0.15) is 13.8 Å². The molecule has 0 saturated heterocycles. The van der Waals surface area contributed by atoms with E-state index in [1.807, 2.05) is 13.8 Å². The van der Waals surface area contributed by atoms with Crippen molar-refractivity contribution in [1.82, 2.24) is 0 Å². The molecule has 0 unspecified atom stereocenters. The summed E-state index contributed by atoms with van der Waals surface area (Å²) >= 11 is 0. The predicted molar refractivity (Wildman–Crippen MR) is 49.7 cm³/mol. The van der Waals surface area contributed by atoms with E-state index in [2.05, 4.69) is 5.32 Å². The highest BCUT2D eigenvalue weighted by molar-refractivity contribution is 5.44. The molecule has 3 heteroatoms. The van der Waals surface area contributed by atoms with Gasteiger partial charge in [-0.3, -0.25) is 0 Å². The fraction of sp³-hybridized carbons (Fsp3) is 0.400. The molecule has 1 nitrogen and oxygen atoms in total. The Morgan fingerprint density at radius 1 is 1.31 bits per heavy atom. The van der Waals surface area contributed by atoms with Gasteiger partial charge in [-0.1, -0.05) is 13.8 Å². The van der Waals surface area contributed by atoms with Gasteiger partial charge in [0.2, 0.25) is 0 Å². The molecular weight excluding hydrogens is 172 g/mol. The van der Waals surface area contributed by atoms with E-state index in [0.29, 0.717) is 18.2 Å². The Morgan fingerprint density at radius 3 is 2.54 bits per heavy atom. The third-order valence-corrected chi connectivity index (χ3v) is 1.63. The van der Waals surface area contributed by atoms with Gasteiger partial charge in [-0.05, 0) is 18.1 Å². The Bertz CT molecular complexity index is 284. The van der Waals surface area contributed by atoms with Crippen LogP contribution in [-0.4, -0.2) is 6.54 Å². The van der Waals surface area contributed by atoms with Gasteiger partial charge in [0.1, 0.15) is 11.6 Å². The lowest BCUT2D eigenvalue weighted by molar-refractivity contribution is 0.583. The summed E-state index contributed by atoms with van der Waals surface area (Å²) in [7, 11) is 0. The molecule has 0 aliphatic heterocycles. The van der Waals surface area contributed by atoms with E-state index in [9.17, 15) is 8.78 Å². The molecule has 13 heavy (non-hydrogen) atoms. The molecule has 1 rings (SSSR count). The summed E-state index contributed by atoms with van der Waals surface area (Å²) < 4.78 is 25.5. The highest BCUT2D eigenvalue weighted by Crippen LogP contribution is 2.14. The van der Waals surface area contributed by atoms with Crippen molar-refractivity contribution in [2.75, 3.05) is 11.9 Å². The number of anilines is 1. The van der Waals surface area contributed by atoms with Crippen molar-refractivity contribution in [3.8, 4) is 0 Å². The second-order valence-corrected chi connectivity index (χ2v) is 3.40. The van der Waals surface area contributed by atoms with E-state index in [1.54, 1.807) is 0 Å². The van der Waals surface area contributed by atoms with Crippen molar-refractivity contribution >= 4 is 5.69 Å². The van der Waals surface area contributed by atoms with Gasteiger partial charge in [-0.2, -0.15) is 0 Å². The van der Waals surface area contributed by atoms with Crippen LogP contribution in [0, 0.1) is 17.6 Å². The van der Waals surface area contributed by atoms with Crippen LogP contribution >= 0.6 is 0 Å². The Labute approximate surface area is 76.8 Å². The topological polar surface area (TPSA) is 12.0 Å². The SMILES string of the molecule is CC(C)CNc1ccc(F)cc1F. The minimum Gasteiger partial charge on any atom is -0.382 e. The van der Waals surface area contributed by atoms with Gasteiger partial charge in [0.25, 0.3) is 0 Å². The summed E-state index contributed by atoms with van der Waals surface area (Å²) in [4.78, 5) is 0. The maximum Gasteiger partial charge on any atom is 0.149 e. The smallest absolute Gasteiger partial charge is 0.149 e. The maximum absolute atomic E-state index is 13.0. The van der Waals surface area contributed by atoms with E-state index in [1.165, 1.54) is 12.1 Å². The van der Waals surface area contributed by atoms with Crippen LogP contribution < -0.4 is 5.32 Å². The van der Waals surface area contributed by atoms with Crippen molar-refractivity contribution in [2.24, 2.45) is 5.92 Å². The van der Waals surface area contributed by atoms with E-state index >= 15 is 0 Å². The molecule has 0 amide bonds. The van der Waals surface area contributed by atoms with Crippen LogP contribution in [0.5, 0.6) is 0 Å². The Morgan fingerprint density at radius 2 is 2.00 bits per heavy atom. The van der Waals surface area contributed by atoms with Crippen LogP contribution in [0.3, 0.4) is 0 Å². The van der Waals surface area contributed by atoms with Gasteiger partial charge in [-0.25, -0.2) is 8.78 Å². The monoisotopic (exact) mass is 185 g/mol. The Hall–Kier alpha value is -1.12. The molecule has 0 radical (unpaired) electrons. The maximum atomic E-state index is 13.0. The minimum absolute atomic E-state index is 0.357. The van der Waals surface area contributed by atoms with Crippen LogP contribution in [0.2, 0.25) is 0 Å². The van der Waals surface area contributed by atoms with Crippen molar-refractivity contribution in [3.63, 3.8) is 0 Å². The van der Waals surface area contributed by atoms with E-state index in [-0.39, 0.29) is 0 Å². The summed E-state index contributed by atoms with van der Waals surface area (Å²) in [5.41, 5.74) is 0.357. The van der Waals surface area contributed by atoms with E-state index < -0.39 is 11.6 Å². The van der Waals surface area contributed by atoms with Crippen LogP contribution in [0.4, 0.5) is 14.5 Å². The predicted octanol–water partition coefficient (Wildman–Crippen LogP) is 3.03. The molecule has 0 aliphatic rings. The minimum atomic E-state index is -0.549. The standard InChI is InChI=1S/C10H13F2N/c1-7(2)6-13-10-4-3-8(11)5-9(10)12/h3-5,7,13H,6H2,1-2H3. The number of rotatable bonds is 3. The molecule has 1 N–H and O–H groups in total. The fourth-order valence-electron chi connectivity index (χ4n) is 0.947. The van der Waals surface area contributed by atoms with Gasteiger partial charge >= 0.3 is 0 Å². The Balaban J connectivity index is 2.67. The average molecular weight is 185 g/mol. The summed E-state index contributed by atoms with van der Waals surface area (Å²) in [5.74, 6) is -0.655. The first-order valence-corrected chi connectivity index (χ1v) is 4.28. The molecule has 0 fully saturated rings. The summed E-state index contributed by atoms with van der Waals surface area (Å²) in [6.07, 6.45) is 0. The molecule has 0 aliphatic carbocycles. The molecule has 0 saturated carbocycles. The molecule has 0 aromatic heterocycles. The number of hydrogen-bond donors (Lipinski definition) is 1. The zero-order valence-corrected chi connectivity index (χ0v) is 7.77. The summed E-state index contributed by atoms with van der Waals surface area (Å²) in [5, 5.41) is 2.90. The largest absolute Gasteiger partial charge is 0.382 e. The fourth-order valence-corrected chi connectivity index (χ4v) is 0.947. The molecule has 0 atom stereocenters. The van der Waals surface area contributed by atoms with Crippen molar-refractivity contribution < 1.29 is 8.78 Å². The third kappa shape index (κ3) is 3.01. The number of nitrogens with one attached hydrogen (secondary N) is 1. The van der Waals surface area contributed by atoms with Crippen LogP contribution in [-0.2, 0) is 0 Å². The zero-order valence-electron chi connectivity index (χ0n) is 7.77. The first-order chi connectivity index (χ1) is 6.09. The van der Waals surface area contributed by atoms with E-state index in [0.717, 1.165) is 6.07 Å². The highest BCUT2D eigenvalue weighted by atomic mass is 19.1. The van der Waals surface area contributed by atoms with Gasteiger partial charge in [0.05, 0.1) is 5.69 Å². The molecular formula is C10H13F2N. The van der Waals surface area contributed by atoms with Crippen LogP contribution in [0.15, 0.2) is 18.2 Å². The molecule has 1 aromatic rings. The van der Waals surface area contributed by atoms with Crippen molar-refractivity contribution in [2.45, 2.75) is 13.8 Å². The normalized spacial score (nSPS) is 10.5. The first-order valence-electron chi connectivity index (χ1n) is 4.28. The lowest BCUT2D eigenvalue weighted by Crippen LogP contribution is -2.09. The van der Waals surface area contributed by atoms with E-state index in [4.69, 9.17) is 0 Å². The number of benzene rings is 1. The average Bonchev–Trinajstić information content (AvgIpc) is 2.02. The van der Waals surface area contributed by atoms with Crippen molar-refractivity contribution in [1.29, 1.82) is 0 Å². The second kappa shape index (κ2) is 4.21. The highest BCUT2D eigenvalue weighted by Gasteiger charge is 2.02. The van der Waals surface area contributed by atoms with Gasteiger partial charge in [0.15, 0.2) is 0 Å². The van der Waals surface area contributed by atoms with Crippen LogP contribution in [0.25, 0.3) is 0 Å². The molecule has 72 valence electrons. The summed E-state index contributed by atoms with van der Waals surface area (Å²) in [6, 6.07) is 3.53. The second-order valence-electron chi connectivity index (χ2n) is 3.40. The molecule has 0 bridgehead atoms. The lowest BCUT2D eigenvalue weighted by atomic mass is 10.2. The van der Waals surface area contributed by atoms with Gasteiger partial charge in [0, 0.05) is 12.6 Å². The third-order valence-electron chi connectivity index (χ3n) is 1.63. The Kier molecular flexibility index (Phi) is 3.23. The zero-order chi connectivity index (χ0) is 9.84. The molecule has 0 spiro atoms. The summed E-state index contributed by atoms with van der Waals surface area (Å²) in [6.45, 7) is 4.73. The number of hydrogen-bond acceptors (Lipinski definition) is 1. The molecule has 1 aromatic carbocycles. The first kappa shape index (κ1) is 9.96. The quantitative estimate of drug-likeness (QED) is 0.763. The van der Waals surface area contributed by atoms with Crippen molar-refractivity contribution in [3.05, 3.63) is 29.8 Å².